The molecule has 2 rings (SSSR count). The first-order valence-electron chi connectivity index (χ1n) is 6.04. The van der Waals surface area contributed by atoms with Gasteiger partial charge in [0.15, 0.2) is 11.5 Å². The molecule has 0 saturated carbocycles. The van der Waals surface area contributed by atoms with Gasteiger partial charge in [-0.05, 0) is 30.5 Å². The number of carbonyl (C=O) groups excluding carboxylic acids is 1. The van der Waals surface area contributed by atoms with Gasteiger partial charge in [0.1, 0.15) is 0 Å². The number of hydrogen-bond acceptors (Lipinski definition) is 5. The first kappa shape index (κ1) is 14.1. The molecule has 0 unspecified atom stereocenters. The Morgan fingerprint density at radius 2 is 2.30 bits per heavy atom. The van der Waals surface area contributed by atoms with Gasteiger partial charge in [-0.25, -0.2) is 5.43 Å². The molecule has 1 heterocycles. The Morgan fingerprint density at radius 3 is 3.00 bits per heavy atom. The monoisotopic (exact) mass is 290 g/mol. The van der Waals surface area contributed by atoms with Crippen LogP contribution in [-0.4, -0.2) is 23.8 Å². The number of aromatic hydroxyl groups is 1. The summed E-state index contributed by atoms with van der Waals surface area (Å²) in [6.07, 6.45) is 1.38. The highest BCUT2D eigenvalue weighted by Crippen LogP contribution is 2.28. The van der Waals surface area contributed by atoms with Crippen LogP contribution in [-0.2, 0) is 0 Å². The molecule has 5 nitrogen and oxygen atoms in total. The Kier molecular flexibility index (Phi) is 4.73. The molecule has 1 aromatic heterocycles. The maximum Gasteiger partial charge on any atom is 0.281 e. The molecule has 6 heteroatoms. The minimum atomic E-state index is -0.281. The molecule has 0 spiro atoms. The second-order valence-corrected chi connectivity index (χ2v) is 4.75. The molecule has 1 amide bonds. The number of benzene rings is 1. The van der Waals surface area contributed by atoms with E-state index in [1.807, 2.05) is 12.3 Å². The summed E-state index contributed by atoms with van der Waals surface area (Å²) in [6.45, 7) is 2.30. The fraction of sp³-hybridized carbons (Fsp3) is 0.143. The molecule has 0 atom stereocenters. The third-order valence-electron chi connectivity index (χ3n) is 2.44. The van der Waals surface area contributed by atoms with E-state index < -0.39 is 0 Å². The van der Waals surface area contributed by atoms with Gasteiger partial charge in [-0.3, -0.25) is 4.79 Å². The largest absolute Gasteiger partial charge is 0.504 e. The highest BCUT2D eigenvalue weighted by Gasteiger charge is 2.07. The SMILES string of the molecule is CCOc1cccc(/C=N\NC(=O)c2cccs2)c1O. The molecule has 0 bridgehead atoms. The lowest BCUT2D eigenvalue weighted by Gasteiger charge is -2.07. The number of hydrogen-bond donors (Lipinski definition) is 2. The summed E-state index contributed by atoms with van der Waals surface area (Å²) in [7, 11) is 0. The molecule has 104 valence electrons. The quantitative estimate of drug-likeness (QED) is 0.657. The van der Waals surface area contributed by atoms with Crippen LogP contribution in [0, 0.1) is 0 Å². The number of nitrogens with zero attached hydrogens (tertiary/aromatic N) is 1. The Labute approximate surface area is 120 Å². The lowest BCUT2D eigenvalue weighted by Crippen LogP contribution is -2.16. The Morgan fingerprint density at radius 1 is 1.45 bits per heavy atom. The van der Waals surface area contributed by atoms with Gasteiger partial charge < -0.3 is 9.84 Å². The summed E-state index contributed by atoms with van der Waals surface area (Å²) in [5.74, 6) is 0.112. The minimum Gasteiger partial charge on any atom is -0.504 e. The van der Waals surface area contributed by atoms with Crippen molar-refractivity contribution in [3.8, 4) is 11.5 Å². The maximum absolute atomic E-state index is 11.6. The second kappa shape index (κ2) is 6.72. The minimum absolute atomic E-state index is 0.00322. The highest BCUT2D eigenvalue weighted by atomic mass is 32.1. The first-order chi connectivity index (χ1) is 9.72. The summed E-state index contributed by atoms with van der Waals surface area (Å²) >= 11 is 1.33. The summed E-state index contributed by atoms with van der Waals surface area (Å²) in [5, 5.41) is 15.6. The van der Waals surface area contributed by atoms with Crippen molar-refractivity contribution in [2.45, 2.75) is 6.92 Å². The zero-order valence-electron chi connectivity index (χ0n) is 10.9. The van der Waals surface area contributed by atoms with Crippen LogP contribution in [0.5, 0.6) is 11.5 Å². The van der Waals surface area contributed by atoms with Crippen LogP contribution in [0.15, 0.2) is 40.8 Å². The number of para-hydroxylation sites is 1. The van der Waals surface area contributed by atoms with E-state index in [1.165, 1.54) is 17.6 Å². The molecular weight excluding hydrogens is 276 g/mol. The van der Waals surface area contributed by atoms with Crippen molar-refractivity contribution in [2.75, 3.05) is 6.61 Å². The molecule has 2 N–H and O–H groups in total. The number of hydrazone groups is 1. The Hall–Kier alpha value is -2.34. The fourth-order valence-electron chi connectivity index (χ4n) is 1.54. The molecule has 2 aromatic rings. The number of amides is 1. The van der Waals surface area contributed by atoms with Crippen LogP contribution in [0.2, 0.25) is 0 Å². The first-order valence-corrected chi connectivity index (χ1v) is 6.92. The van der Waals surface area contributed by atoms with Crippen molar-refractivity contribution in [1.29, 1.82) is 0 Å². The predicted molar refractivity (Wildman–Crippen MR) is 78.7 cm³/mol. The summed E-state index contributed by atoms with van der Waals surface area (Å²) in [4.78, 5) is 12.2. The van der Waals surface area contributed by atoms with Crippen LogP contribution in [0.25, 0.3) is 0 Å². The van der Waals surface area contributed by atoms with Crippen LogP contribution in [0.1, 0.15) is 22.2 Å². The number of ether oxygens (including phenoxy) is 1. The Bertz CT molecular complexity index is 609. The molecule has 1 aromatic carbocycles. The van der Waals surface area contributed by atoms with Gasteiger partial charge in [0.05, 0.1) is 17.7 Å². The van der Waals surface area contributed by atoms with Crippen molar-refractivity contribution < 1.29 is 14.6 Å². The topological polar surface area (TPSA) is 70.9 Å². The van der Waals surface area contributed by atoms with Crippen molar-refractivity contribution in [3.05, 3.63) is 46.2 Å². The van der Waals surface area contributed by atoms with E-state index >= 15 is 0 Å². The van der Waals surface area contributed by atoms with Gasteiger partial charge in [-0.15, -0.1) is 11.3 Å². The lowest BCUT2D eigenvalue weighted by molar-refractivity contribution is 0.0959. The molecule has 0 aliphatic carbocycles. The van der Waals surface area contributed by atoms with Gasteiger partial charge in [0.2, 0.25) is 0 Å². The average Bonchev–Trinajstić information content (AvgIpc) is 2.97. The zero-order valence-corrected chi connectivity index (χ0v) is 11.7. The van der Waals surface area contributed by atoms with E-state index in [4.69, 9.17) is 4.74 Å². The molecule has 0 fully saturated rings. The average molecular weight is 290 g/mol. The van der Waals surface area contributed by atoms with Crippen molar-refractivity contribution in [2.24, 2.45) is 5.10 Å². The standard InChI is InChI=1S/C14H14N2O3S/c1-2-19-11-6-3-5-10(13(11)17)9-15-16-14(18)12-7-4-8-20-12/h3-9,17H,2H2,1H3,(H,16,18)/b15-9-. The summed E-state index contributed by atoms with van der Waals surface area (Å²) < 4.78 is 5.27. The van der Waals surface area contributed by atoms with Crippen LogP contribution < -0.4 is 10.2 Å². The van der Waals surface area contributed by atoms with Crippen LogP contribution >= 0.6 is 11.3 Å². The highest BCUT2D eigenvalue weighted by molar-refractivity contribution is 7.12. The second-order valence-electron chi connectivity index (χ2n) is 3.80. The van der Waals surface area contributed by atoms with Crippen molar-refractivity contribution in [1.82, 2.24) is 5.43 Å². The summed E-state index contributed by atoms with van der Waals surface area (Å²) in [5.41, 5.74) is 2.88. The third kappa shape index (κ3) is 3.36. The van der Waals surface area contributed by atoms with Gasteiger partial charge in [0, 0.05) is 5.56 Å². The number of nitrogens with one attached hydrogen (secondary N) is 1. The van der Waals surface area contributed by atoms with Crippen LogP contribution in [0.3, 0.4) is 0 Å². The summed E-state index contributed by atoms with van der Waals surface area (Å²) in [6, 6.07) is 8.59. The van der Waals surface area contributed by atoms with Crippen LogP contribution in [0.4, 0.5) is 0 Å². The lowest BCUT2D eigenvalue weighted by atomic mass is 10.2. The van der Waals surface area contributed by atoms with E-state index in [1.54, 1.807) is 30.3 Å². The number of carbonyl (C=O) groups is 1. The third-order valence-corrected chi connectivity index (χ3v) is 3.31. The van der Waals surface area contributed by atoms with Gasteiger partial charge in [-0.2, -0.15) is 5.10 Å². The van der Waals surface area contributed by atoms with Crippen molar-refractivity contribution >= 4 is 23.5 Å². The molecule has 0 aliphatic rings. The number of phenolic OH excluding ortho intramolecular Hbond substituents is 1. The predicted octanol–water partition coefficient (Wildman–Crippen LogP) is 2.62. The Balaban J connectivity index is 2.04. The molecule has 0 aliphatic heterocycles. The molecule has 20 heavy (non-hydrogen) atoms. The van der Waals surface area contributed by atoms with E-state index in [2.05, 4.69) is 10.5 Å². The van der Waals surface area contributed by atoms with Gasteiger partial charge >= 0.3 is 0 Å². The van der Waals surface area contributed by atoms with Gasteiger partial charge in [-0.1, -0.05) is 12.1 Å². The molecule has 0 saturated heterocycles. The van der Waals surface area contributed by atoms with Crippen molar-refractivity contribution in [3.63, 3.8) is 0 Å². The number of phenols is 1. The molecular formula is C14H14N2O3S. The normalized spacial score (nSPS) is 10.7. The van der Waals surface area contributed by atoms with E-state index in [0.717, 1.165) is 0 Å². The maximum atomic E-state index is 11.6. The van der Waals surface area contributed by atoms with E-state index in [9.17, 15) is 9.90 Å². The fourth-order valence-corrected chi connectivity index (χ4v) is 2.15. The number of rotatable bonds is 5. The molecule has 0 radical (unpaired) electrons. The van der Waals surface area contributed by atoms with Gasteiger partial charge in [0.25, 0.3) is 5.91 Å². The smallest absolute Gasteiger partial charge is 0.281 e. The number of thiophene rings is 1. The van der Waals surface area contributed by atoms with E-state index in [-0.39, 0.29) is 11.7 Å². The van der Waals surface area contributed by atoms with E-state index in [0.29, 0.717) is 22.8 Å². The zero-order chi connectivity index (χ0) is 14.4.